The van der Waals surface area contributed by atoms with Crippen molar-refractivity contribution in [3.05, 3.63) is 70.8 Å². The Bertz CT molecular complexity index is 606. The Balaban J connectivity index is 1.45. The fraction of sp³-hybridized carbons (Fsp3) is 0.368. The Morgan fingerprint density at radius 1 is 0.857 bits per heavy atom. The maximum Gasteiger partial charge on any atom is 0.0244 e. The summed E-state index contributed by atoms with van der Waals surface area (Å²) in [6.45, 7) is 4.24. The largest absolute Gasteiger partial charge is 0.310 e. The van der Waals surface area contributed by atoms with E-state index in [2.05, 4.69) is 58.7 Å². The predicted octanol–water partition coefficient (Wildman–Crippen LogP) is 3.45. The Hall–Kier alpha value is -1.64. The number of nitrogens with one attached hydrogen (secondary N) is 1. The fourth-order valence-electron chi connectivity index (χ4n) is 3.18. The second-order valence-corrected chi connectivity index (χ2v) is 6.34. The summed E-state index contributed by atoms with van der Waals surface area (Å²) < 4.78 is 0. The number of nitrogens with zero attached hydrogens (tertiary/aromatic N) is 1. The minimum absolute atomic E-state index is 0.772. The molecule has 1 heterocycles. The van der Waals surface area contributed by atoms with E-state index in [1.165, 1.54) is 35.1 Å². The van der Waals surface area contributed by atoms with Gasteiger partial charge < -0.3 is 5.32 Å². The Morgan fingerprint density at radius 2 is 1.48 bits per heavy atom. The number of hydrogen-bond donors (Lipinski definition) is 1. The second-order valence-electron chi connectivity index (χ2n) is 6.34. The molecule has 1 aliphatic heterocycles. The van der Waals surface area contributed by atoms with Crippen LogP contribution in [-0.2, 0) is 26.2 Å². The summed E-state index contributed by atoms with van der Waals surface area (Å²) in [5.41, 5.74) is 5.91. The average molecular weight is 278 g/mol. The van der Waals surface area contributed by atoms with Crippen LogP contribution in [0.4, 0.5) is 0 Å². The first-order chi connectivity index (χ1) is 10.4. The molecule has 0 amide bonds. The van der Waals surface area contributed by atoms with Gasteiger partial charge in [0.2, 0.25) is 0 Å². The van der Waals surface area contributed by atoms with Gasteiger partial charge in [0.05, 0.1) is 0 Å². The molecule has 2 nitrogen and oxygen atoms in total. The van der Waals surface area contributed by atoms with Crippen molar-refractivity contribution in [2.45, 2.75) is 45.1 Å². The van der Waals surface area contributed by atoms with Crippen LogP contribution in [0.1, 0.15) is 35.1 Å². The highest BCUT2D eigenvalue weighted by Gasteiger charge is 2.21. The second kappa shape index (κ2) is 5.63. The molecule has 2 aromatic rings. The summed E-state index contributed by atoms with van der Waals surface area (Å²) in [7, 11) is 0. The Morgan fingerprint density at radius 3 is 2.14 bits per heavy atom. The lowest BCUT2D eigenvalue weighted by atomic mass is 10.1. The first-order valence-electron chi connectivity index (χ1n) is 7.98. The first kappa shape index (κ1) is 13.1. The van der Waals surface area contributed by atoms with E-state index in [9.17, 15) is 0 Å². The lowest BCUT2D eigenvalue weighted by molar-refractivity contribution is 0.274. The van der Waals surface area contributed by atoms with Crippen LogP contribution < -0.4 is 5.32 Å². The van der Waals surface area contributed by atoms with E-state index in [1.807, 2.05) is 0 Å². The molecular weight excluding hydrogens is 256 g/mol. The summed E-state index contributed by atoms with van der Waals surface area (Å²) in [5, 5.41) is 3.64. The van der Waals surface area contributed by atoms with Crippen LogP contribution in [0, 0.1) is 0 Å². The van der Waals surface area contributed by atoms with Gasteiger partial charge in [0.15, 0.2) is 0 Å². The SMILES string of the molecule is c1ccc(CN2Cc3ccccc3C2)c(CNC2CC2)c1. The molecule has 1 aliphatic carbocycles. The van der Waals surface area contributed by atoms with Crippen molar-refractivity contribution >= 4 is 0 Å². The smallest absolute Gasteiger partial charge is 0.0244 e. The molecule has 0 unspecified atom stereocenters. The molecule has 1 saturated carbocycles. The highest BCUT2D eigenvalue weighted by molar-refractivity contribution is 5.32. The molecule has 108 valence electrons. The van der Waals surface area contributed by atoms with Crippen molar-refractivity contribution < 1.29 is 0 Å². The van der Waals surface area contributed by atoms with E-state index in [-0.39, 0.29) is 0 Å². The van der Waals surface area contributed by atoms with Crippen LogP contribution in [0.5, 0.6) is 0 Å². The molecule has 0 spiro atoms. The van der Waals surface area contributed by atoms with Crippen LogP contribution in [0.2, 0.25) is 0 Å². The first-order valence-corrected chi connectivity index (χ1v) is 7.98. The van der Waals surface area contributed by atoms with Gasteiger partial charge in [0, 0.05) is 32.2 Å². The molecule has 2 aromatic carbocycles. The van der Waals surface area contributed by atoms with Crippen molar-refractivity contribution in [2.24, 2.45) is 0 Å². The van der Waals surface area contributed by atoms with Crippen LogP contribution in [0.3, 0.4) is 0 Å². The summed E-state index contributed by atoms with van der Waals surface area (Å²) in [4.78, 5) is 2.54. The Kier molecular flexibility index (Phi) is 3.50. The summed E-state index contributed by atoms with van der Waals surface area (Å²) >= 11 is 0. The van der Waals surface area contributed by atoms with E-state index < -0.39 is 0 Å². The fourth-order valence-corrected chi connectivity index (χ4v) is 3.18. The van der Waals surface area contributed by atoms with E-state index in [1.54, 1.807) is 0 Å². The third-order valence-electron chi connectivity index (χ3n) is 4.58. The van der Waals surface area contributed by atoms with Gasteiger partial charge in [-0.25, -0.2) is 0 Å². The normalized spacial score (nSPS) is 17.9. The minimum atomic E-state index is 0.772. The standard InChI is InChI=1S/C19H22N2/c1-2-6-16(15(5-1)11-20-19-9-10-19)12-21-13-17-7-3-4-8-18(17)14-21/h1-8,19-20H,9-14H2. The zero-order valence-electron chi connectivity index (χ0n) is 12.4. The van der Waals surface area contributed by atoms with Crippen LogP contribution in [0.25, 0.3) is 0 Å². The number of benzene rings is 2. The van der Waals surface area contributed by atoms with E-state index in [4.69, 9.17) is 0 Å². The van der Waals surface area contributed by atoms with Crippen molar-refractivity contribution in [3.8, 4) is 0 Å². The molecule has 0 aromatic heterocycles. The molecule has 1 fully saturated rings. The zero-order valence-corrected chi connectivity index (χ0v) is 12.4. The topological polar surface area (TPSA) is 15.3 Å². The molecule has 0 saturated heterocycles. The van der Waals surface area contributed by atoms with Gasteiger partial charge in [-0.2, -0.15) is 0 Å². The third-order valence-corrected chi connectivity index (χ3v) is 4.58. The van der Waals surface area contributed by atoms with Crippen molar-refractivity contribution in [2.75, 3.05) is 0 Å². The quantitative estimate of drug-likeness (QED) is 0.901. The maximum atomic E-state index is 3.64. The average Bonchev–Trinajstić information content (AvgIpc) is 3.25. The molecule has 4 rings (SSSR count). The van der Waals surface area contributed by atoms with Crippen LogP contribution >= 0.6 is 0 Å². The predicted molar refractivity (Wildman–Crippen MR) is 85.7 cm³/mol. The summed E-state index contributed by atoms with van der Waals surface area (Å²) in [5.74, 6) is 0. The maximum absolute atomic E-state index is 3.64. The third kappa shape index (κ3) is 3.02. The van der Waals surface area contributed by atoms with Gasteiger partial charge in [-0.1, -0.05) is 48.5 Å². The highest BCUT2D eigenvalue weighted by atomic mass is 15.1. The van der Waals surface area contributed by atoms with Crippen molar-refractivity contribution in [3.63, 3.8) is 0 Å². The van der Waals surface area contributed by atoms with Gasteiger partial charge in [-0.05, 0) is 35.1 Å². The molecule has 0 bridgehead atoms. The lowest BCUT2D eigenvalue weighted by Crippen LogP contribution is -2.20. The van der Waals surface area contributed by atoms with Gasteiger partial charge in [0.1, 0.15) is 0 Å². The van der Waals surface area contributed by atoms with Crippen LogP contribution in [-0.4, -0.2) is 10.9 Å². The van der Waals surface area contributed by atoms with E-state index >= 15 is 0 Å². The summed E-state index contributed by atoms with van der Waals surface area (Å²) in [6.07, 6.45) is 2.70. The van der Waals surface area contributed by atoms with Crippen molar-refractivity contribution in [1.29, 1.82) is 0 Å². The van der Waals surface area contributed by atoms with E-state index in [0.29, 0.717) is 0 Å². The van der Waals surface area contributed by atoms with Gasteiger partial charge >= 0.3 is 0 Å². The molecule has 21 heavy (non-hydrogen) atoms. The zero-order chi connectivity index (χ0) is 14.1. The highest BCUT2D eigenvalue weighted by Crippen LogP contribution is 2.25. The molecule has 0 atom stereocenters. The molecule has 1 N–H and O–H groups in total. The minimum Gasteiger partial charge on any atom is -0.310 e. The van der Waals surface area contributed by atoms with Gasteiger partial charge in [-0.3, -0.25) is 4.90 Å². The number of hydrogen-bond acceptors (Lipinski definition) is 2. The number of rotatable bonds is 5. The lowest BCUT2D eigenvalue weighted by Gasteiger charge is -2.18. The van der Waals surface area contributed by atoms with Gasteiger partial charge in [-0.15, -0.1) is 0 Å². The molecule has 2 heteroatoms. The molecule has 0 radical (unpaired) electrons. The van der Waals surface area contributed by atoms with Crippen LogP contribution in [0.15, 0.2) is 48.5 Å². The summed E-state index contributed by atoms with van der Waals surface area (Å²) in [6, 6.07) is 18.5. The molecule has 2 aliphatic rings. The van der Waals surface area contributed by atoms with E-state index in [0.717, 1.165) is 32.2 Å². The van der Waals surface area contributed by atoms with Crippen molar-refractivity contribution in [1.82, 2.24) is 10.2 Å². The Labute approximate surface area is 126 Å². The molecular formula is C19H22N2. The monoisotopic (exact) mass is 278 g/mol. The number of fused-ring (bicyclic) bond motifs is 1. The van der Waals surface area contributed by atoms with Gasteiger partial charge in [0.25, 0.3) is 0 Å².